The van der Waals surface area contributed by atoms with E-state index in [9.17, 15) is 4.79 Å². The van der Waals surface area contributed by atoms with Gasteiger partial charge < -0.3 is 10.1 Å². The maximum atomic E-state index is 12.3. The summed E-state index contributed by atoms with van der Waals surface area (Å²) in [5, 5.41) is 2.95. The number of rotatable bonds is 8. The highest BCUT2D eigenvalue weighted by Crippen LogP contribution is 2.22. The number of allylic oxidation sites excluding steroid dienone is 2. The predicted molar refractivity (Wildman–Crippen MR) is 108 cm³/mol. The van der Waals surface area contributed by atoms with Gasteiger partial charge in [0.05, 0.1) is 28.8 Å². The Bertz CT molecular complexity index is 902. The molecule has 0 bridgehead atoms. The molecular formula is C21H22N2O2S. The van der Waals surface area contributed by atoms with Crippen LogP contribution in [0.3, 0.4) is 0 Å². The summed E-state index contributed by atoms with van der Waals surface area (Å²) in [6, 6.07) is 13.5. The molecule has 0 saturated carbocycles. The number of ether oxygens (including phenoxy) is 1. The molecule has 1 aromatic heterocycles. The monoisotopic (exact) mass is 366 g/mol. The number of unbranched alkanes of at least 4 members (excludes halogenated alkanes) is 1. The van der Waals surface area contributed by atoms with Crippen LogP contribution in [0.2, 0.25) is 0 Å². The van der Waals surface area contributed by atoms with Crippen molar-refractivity contribution in [3.63, 3.8) is 0 Å². The van der Waals surface area contributed by atoms with Crippen molar-refractivity contribution >= 4 is 33.1 Å². The van der Waals surface area contributed by atoms with E-state index in [1.807, 2.05) is 55.5 Å². The average molecular weight is 366 g/mol. The fourth-order valence-electron chi connectivity index (χ4n) is 2.63. The van der Waals surface area contributed by atoms with Crippen molar-refractivity contribution in [2.24, 2.45) is 0 Å². The Morgan fingerprint density at radius 2 is 2.19 bits per heavy atom. The minimum absolute atomic E-state index is 0.0425. The number of nitrogens with one attached hydrogen (secondary N) is 1. The van der Waals surface area contributed by atoms with Gasteiger partial charge in [0.15, 0.2) is 0 Å². The van der Waals surface area contributed by atoms with Crippen LogP contribution in [-0.2, 0) is 11.2 Å². The largest absolute Gasteiger partial charge is 0.494 e. The standard InChI is InChI=1S/C21H22N2O2S/c1-2-3-4-5-11-25-18-8-6-7-16(12-18)13-21(24)23-17-9-10-19-20(14-17)26-15-22-19/h2-3,6-10,12,14-15H,4-5,11,13H2,1H3,(H,23,24)/b3-2+. The van der Waals surface area contributed by atoms with E-state index in [1.54, 1.807) is 16.8 Å². The van der Waals surface area contributed by atoms with E-state index in [0.717, 1.165) is 40.1 Å². The van der Waals surface area contributed by atoms with E-state index in [2.05, 4.69) is 16.4 Å². The zero-order valence-electron chi connectivity index (χ0n) is 14.8. The second-order valence-corrected chi connectivity index (χ2v) is 6.85. The summed E-state index contributed by atoms with van der Waals surface area (Å²) in [6.07, 6.45) is 6.49. The molecule has 134 valence electrons. The number of carbonyl (C=O) groups is 1. The lowest BCUT2D eigenvalue weighted by Crippen LogP contribution is -2.14. The first kappa shape index (κ1) is 18.1. The Balaban J connectivity index is 1.54. The first-order valence-corrected chi connectivity index (χ1v) is 9.58. The second-order valence-electron chi connectivity index (χ2n) is 5.97. The number of carbonyl (C=O) groups excluding carboxylic acids is 1. The molecule has 1 heterocycles. The van der Waals surface area contributed by atoms with Crippen LogP contribution in [0.4, 0.5) is 5.69 Å². The summed E-state index contributed by atoms with van der Waals surface area (Å²) in [4.78, 5) is 16.6. The Labute approximate surface area is 157 Å². The van der Waals surface area contributed by atoms with Crippen LogP contribution in [0.5, 0.6) is 5.75 Å². The van der Waals surface area contributed by atoms with E-state index < -0.39 is 0 Å². The first-order valence-electron chi connectivity index (χ1n) is 8.70. The van der Waals surface area contributed by atoms with Crippen LogP contribution >= 0.6 is 11.3 Å². The van der Waals surface area contributed by atoms with E-state index in [0.29, 0.717) is 13.0 Å². The number of thiazole rings is 1. The molecule has 0 fully saturated rings. The molecule has 1 N–H and O–H groups in total. The van der Waals surface area contributed by atoms with Gasteiger partial charge in [-0.3, -0.25) is 4.79 Å². The molecule has 4 nitrogen and oxygen atoms in total. The van der Waals surface area contributed by atoms with E-state index >= 15 is 0 Å². The van der Waals surface area contributed by atoms with E-state index in [-0.39, 0.29) is 5.91 Å². The Morgan fingerprint density at radius 1 is 1.27 bits per heavy atom. The highest BCUT2D eigenvalue weighted by Gasteiger charge is 2.07. The van der Waals surface area contributed by atoms with Crippen LogP contribution in [0.1, 0.15) is 25.3 Å². The van der Waals surface area contributed by atoms with Gasteiger partial charge in [0, 0.05) is 5.69 Å². The number of anilines is 1. The van der Waals surface area contributed by atoms with Crippen molar-refractivity contribution in [1.29, 1.82) is 0 Å². The average Bonchev–Trinajstić information content (AvgIpc) is 3.09. The molecule has 2 aromatic carbocycles. The summed E-state index contributed by atoms with van der Waals surface area (Å²) in [7, 11) is 0. The fraction of sp³-hybridized carbons (Fsp3) is 0.238. The molecule has 5 heteroatoms. The highest BCUT2D eigenvalue weighted by molar-refractivity contribution is 7.16. The van der Waals surface area contributed by atoms with Crippen molar-refractivity contribution in [1.82, 2.24) is 4.98 Å². The van der Waals surface area contributed by atoms with Crippen molar-refractivity contribution in [2.45, 2.75) is 26.2 Å². The predicted octanol–water partition coefficient (Wildman–Crippen LogP) is 5.21. The number of aromatic nitrogens is 1. The van der Waals surface area contributed by atoms with E-state index in [1.165, 1.54) is 0 Å². The summed E-state index contributed by atoms with van der Waals surface area (Å²) in [6.45, 7) is 2.69. The molecule has 1 amide bonds. The van der Waals surface area contributed by atoms with Crippen molar-refractivity contribution in [3.8, 4) is 5.75 Å². The molecule has 0 atom stereocenters. The van der Waals surface area contributed by atoms with Crippen molar-refractivity contribution in [3.05, 3.63) is 65.7 Å². The molecule has 3 aromatic rings. The van der Waals surface area contributed by atoms with Gasteiger partial charge in [-0.15, -0.1) is 11.3 Å². The molecule has 0 unspecified atom stereocenters. The fourth-order valence-corrected chi connectivity index (χ4v) is 3.34. The molecule has 0 spiro atoms. The molecular weight excluding hydrogens is 344 g/mol. The third-order valence-electron chi connectivity index (χ3n) is 3.90. The molecule has 0 aliphatic rings. The van der Waals surface area contributed by atoms with Gasteiger partial charge in [-0.2, -0.15) is 0 Å². The lowest BCUT2D eigenvalue weighted by atomic mass is 10.1. The normalized spacial score (nSPS) is 11.1. The number of hydrogen-bond donors (Lipinski definition) is 1. The maximum absolute atomic E-state index is 12.3. The van der Waals surface area contributed by atoms with Gasteiger partial charge in [-0.1, -0.05) is 24.3 Å². The SMILES string of the molecule is C/C=C/CCCOc1cccc(CC(=O)Nc2ccc3ncsc3c2)c1. The van der Waals surface area contributed by atoms with Gasteiger partial charge in [0.25, 0.3) is 0 Å². The van der Waals surface area contributed by atoms with Crippen LogP contribution in [0.25, 0.3) is 10.2 Å². The number of benzene rings is 2. The third-order valence-corrected chi connectivity index (χ3v) is 4.69. The molecule has 3 rings (SSSR count). The number of amides is 1. The Kier molecular flexibility index (Phi) is 6.39. The zero-order chi connectivity index (χ0) is 18.2. The number of fused-ring (bicyclic) bond motifs is 1. The smallest absolute Gasteiger partial charge is 0.228 e. The van der Waals surface area contributed by atoms with Gasteiger partial charge in [-0.25, -0.2) is 4.98 Å². The van der Waals surface area contributed by atoms with Gasteiger partial charge in [0.2, 0.25) is 5.91 Å². The highest BCUT2D eigenvalue weighted by atomic mass is 32.1. The lowest BCUT2D eigenvalue weighted by molar-refractivity contribution is -0.115. The molecule has 0 saturated heterocycles. The second kappa shape index (κ2) is 9.15. The summed E-state index contributed by atoms with van der Waals surface area (Å²) >= 11 is 1.56. The van der Waals surface area contributed by atoms with Crippen LogP contribution < -0.4 is 10.1 Å². The molecule has 0 aliphatic heterocycles. The van der Waals surface area contributed by atoms with Crippen molar-refractivity contribution < 1.29 is 9.53 Å². The maximum Gasteiger partial charge on any atom is 0.228 e. The van der Waals surface area contributed by atoms with E-state index in [4.69, 9.17) is 4.74 Å². The van der Waals surface area contributed by atoms with Crippen LogP contribution in [0.15, 0.2) is 60.1 Å². The molecule has 0 aliphatic carbocycles. The number of nitrogens with zero attached hydrogens (tertiary/aromatic N) is 1. The molecule has 0 radical (unpaired) electrons. The molecule has 26 heavy (non-hydrogen) atoms. The summed E-state index contributed by atoms with van der Waals surface area (Å²) in [5.74, 6) is 0.765. The van der Waals surface area contributed by atoms with Gasteiger partial charge in [-0.05, 0) is 55.7 Å². The summed E-state index contributed by atoms with van der Waals surface area (Å²) < 4.78 is 6.83. The minimum atomic E-state index is -0.0425. The first-order chi connectivity index (χ1) is 12.7. The van der Waals surface area contributed by atoms with Gasteiger partial charge in [0.1, 0.15) is 5.75 Å². The topological polar surface area (TPSA) is 51.2 Å². The Morgan fingerprint density at radius 3 is 3.08 bits per heavy atom. The lowest BCUT2D eigenvalue weighted by Gasteiger charge is -2.08. The Hall–Kier alpha value is -2.66. The van der Waals surface area contributed by atoms with Crippen LogP contribution in [0, 0.1) is 0 Å². The van der Waals surface area contributed by atoms with Crippen molar-refractivity contribution in [2.75, 3.05) is 11.9 Å². The number of hydrogen-bond acceptors (Lipinski definition) is 4. The third kappa shape index (κ3) is 5.17. The van der Waals surface area contributed by atoms with Gasteiger partial charge >= 0.3 is 0 Å². The van der Waals surface area contributed by atoms with Crippen LogP contribution in [-0.4, -0.2) is 17.5 Å². The quantitative estimate of drug-likeness (QED) is 0.440. The zero-order valence-corrected chi connectivity index (χ0v) is 15.6. The summed E-state index contributed by atoms with van der Waals surface area (Å²) in [5.41, 5.74) is 4.49. The minimum Gasteiger partial charge on any atom is -0.494 e.